The molecule has 1 aliphatic carbocycles. The quantitative estimate of drug-likeness (QED) is 0.753. The van der Waals surface area contributed by atoms with Gasteiger partial charge in [0.2, 0.25) is 10.0 Å². The summed E-state index contributed by atoms with van der Waals surface area (Å²) in [4.78, 5) is 15.4. The molecule has 3 aliphatic rings. The van der Waals surface area contributed by atoms with Gasteiger partial charge in [0.25, 0.3) is 5.91 Å². The van der Waals surface area contributed by atoms with Crippen molar-refractivity contribution in [3.63, 3.8) is 0 Å². The molecule has 1 aromatic rings. The van der Waals surface area contributed by atoms with Crippen molar-refractivity contribution >= 4 is 15.9 Å². The van der Waals surface area contributed by atoms with Crippen LogP contribution in [-0.4, -0.2) is 61.4 Å². The number of carbonyl (C=O) groups is 1. The third-order valence-electron chi connectivity index (χ3n) is 6.63. The van der Waals surface area contributed by atoms with E-state index >= 15 is 0 Å². The molecule has 6 nitrogen and oxygen atoms in total. The third kappa shape index (κ3) is 4.23. The average Bonchev–Trinajstić information content (AvgIpc) is 2.72. The number of hydrogen-bond donors (Lipinski definition) is 0. The van der Waals surface area contributed by atoms with Crippen molar-refractivity contribution in [2.45, 2.75) is 75.5 Å². The largest absolute Gasteiger partial charge is 0.373 e. The van der Waals surface area contributed by atoms with Crippen LogP contribution in [0.15, 0.2) is 29.2 Å². The van der Waals surface area contributed by atoms with E-state index in [0.717, 1.165) is 19.4 Å². The van der Waals surface area contributed by atoms with Gasteiger partial charge in [-0.15, -0.1) is 0 Å². The highest BCUT2D eigenvalue weighted by atomic mass is 32.2. The standard InChI is InChI=1S/C22H32N2O4S/c1-16-14-23(15-17(2)28-16)29(26,27)20-11-9-19(10-12-20)22(25)24-13-5-7-18-6-3-4-8-21(18)24/h9-12,16-18,21H,3-8,13-15H2,1-2H3/t16-,17-,18-,21+/m1/s1. The molecule has 7 heteroatoms. The Kier molecular flexibility index (Phi) is 6.00. The highest BCUT2D eigenvalue weighted by molar-refractivity contribution is 7.89. The van der Waals surface area contributed by atoms with E-state index in [2.05, 4.69) is 0 Å². The number of sulfonamides is 1. The molecule has 1 aromatic carbocycles. The smallest absolute Gasteiger partial charge is 0.254 e. The van der Waals surface area contributed by atoms with Crippen molar-refractivity contribution in [1.82, 2.24) is 9.21 Å². The van der Waals surface area contributed by atoms with Crippen molar-refractivity contribution in [2.75, 3.05) is 19.6 Å². The molecule has 1 saturated carbocycles. The number of benzene rings is 1. The lowest BCUT2D eigenvalue weighted by molar-refractivity contribution is -0.0440. The van der Waals surface area contributed by atoms with Crippen molar-refractivity contribution in [1.29, 1.82) is 0 Å². The van der Waals surface area contributed by atoms with E-state index < -0.39 is 10.0 Å². The Balaban J connectivity index is 1.50. The van der Waals surface area contributed by atoms with Crippen LogP contribution in [-0.2, 0) is 14.8 Å². The van der Waals surface area contributed by atoms with Crippen LogP contribution in [0.25, 0.3) is 0 Å². The van der Waals surface area contributed by atoms with Gasteiger partial charge in [0.1, 0.15) is 0 Å². The summed E-state index contributed by atoms with van der Waals surface area (Å²) in [6.07, 6.45) is 6.81. The Labute approximate surface area is 174 Å². The summed E-state index contributed by atoms with van der Waals surface area (Å²) in [7, 11) is -3.59. The highest BCUT2D eigenvalue weighted by Gasteiger charge is 2.36. The van der Waals surface area contributed by atoms with Crippen LogP contribution in [0.3, 0.4) is 0 Å². The van der Waals surface area contributed by atoms with Crippen LogP contribution in [0.2, 0.25) is 0 Å². The van der Waals surface area contributed by atoms with Gasteiger partial charge in [-0.1, -0.05) is 12.8 Å². The molecule has 0 unspecified atom stereocenters. The van der Waals surface area contributed by atoms with Crippen molar-refractivity contribution < 1.29 is 17.9 Å². The summed E-state index contributed by atoms with van der Waals surface area (Å²) in [5.74, 6) is 0.672. The van der Waals surface area contributed by atoms with Crippen LogP contribution in [0, 0.1) is 5.92 Å². The van der Waals surface area contributed by atoms with Gasteiger partial charge >= 0.3 is 0 Å². The summed E-state index contributed by atoms with van der Waals surface area (Å²) in [5, 5.41) is 0. The summed E-state index contributed by atoms with van der Waals surface area (Å²) in [6, 6.07) is 6.86. The van der Waals surface area contributed by atoms with E-state index in [1.165, 1.54) is 30.0 Å². The molecule has 29 heavy (non-hydrogen) atoms. The minimum absolute atomic E-state index is 0.0409. The third-order valence-corrected chi connectivity index (χ3v) is 8.48. The normalized spacial score (nSPS) is 31.3. The maximum atomic E-state index is 13.2. The van der Waals surface area contributed by atoms with Crippen LogP contribution in [0.4, 0.5) is 0 Å². The fourth-order valence-electron chi connectivity index (χ4n) is 5.29. The zero-order valence-electron chi connectivity index (χ0n) is 17.4. The van der Waals surface area contributed by atoms with Crippen LogP contribution < -0.4 is 0 Å². The number of rotatable bonds is 3. The average molecular weight is 421 g/mol. The minimum Gasteiger partial charge on any atom is -0.373 e. The second-order valence-corrected chi connectivity index (χ2v) is 10.8. The Bertz CT molecular complexity index is 827. The van der Waals surface area contributed by atoms with Crippen LogP contribution >= 0.6 is 0 Å². The summed E-state index contributed by atoms with van der Waals surface area (Å²) in [6.45, 7) is 5.28. The van der Waals surface area contributed by atoms with E-state index in [1.54, 1.807) is 24.3 Å². The first-order chi connectivity index (χ1) is 13.9. The van der Waals surface area contributed by atoms with E-state index in [1.807, 2.05) is 18.7 Å². The predicted octanol–water partition coefficient (Wildman–Crippen LogP) is 3.28. The molecule has 4 rings (SSSR count). The molecule has 0 radical (unpaired) electrons. The maximum absolute atomic E-state index is 13.2. The van der Waals surface area contributed by atoms with Crippen molar-refractivity contribution in [3.8, 4) is 0 Å². The molecule has 2 saturated heterocycles. The van der Waals surface area contributed by atoms with Gasteiger partial charge in [0.05, 0.1) is 17.1 Å². The van der Waals surface area contributed by atoms with Crippen LogP contribution in [0.5, 0.6) is 0 Å². The fourth-order valence-corrected chi connectivity index (χ4v) is 6.88. The first-order valence-electron chi connectivity index (χ1n) is 10.9. The Hall–Kier alpha value is -1.44. The first-order valence-corrected chi connectivity index (χ1v) is 12.4. The molecule has 1 amide bonds. The summed E-state index contributed by atoms with van der Waals surface area (Å²) < 4.78 is 33.2. The Morgan fingerprint density at radius 3 is 2.28 bits per heavy atom. The second kappa shape index (κ2) is 8.36. The number of carbonyl (C=O) groups excluding carboxylic acids is 1. The van der Waals surface area contributed by atoms with Gasteiger partial charge in [0, 0.05) is 31.2 Å². The zero-order valence-corrected chi connectivity index (χ0v) is 18.2. The predicted molar refractivity (Wildman–Crippen MR) is 111 cm³/mol. The van der Waals surface area contributed by atoms with Gasteiger partial charge in [-0.25, -0.2) is 8.42 Å². The van der Waals surface area contributed by atoms with Gasteiger partial charge < -0.3 is 9.64 Å². The van der Waals surface area contributed by atoms with E-state index in [9.17, 15) is 13.2 Å². The molecule has 0 spiro atoms. The van der Waals surface area contributed by atoms with Gasteiger partial charge in [-0.3, -0.25) is 4.79 Å². The topological polar surface area (TPSA) is 66.9 Å². The lowest BCUT2D eigenvalue weighted by atomic mass is 9.78. The van der Waals surface area contributed by atoms with E-state index in [4.69, 9.17) is 4.74 Å². The lowest BCUT2D eigenvalue weighted by Gasteiger charge is -2.44. The van der Waals surface area contributed by atoms with Gasteiger partial charge in [-0.2, -0.15) is 4.31 Å². The molecular formula is C22H32N2O4S. The molecule has 2 aliphatic heterocycles. The summed E-state index contributed by atoms with van der Waals surface area (Å²) in [5.41, 5.74) is 0.582. The number of hydrogen-bond acceptors (Lipinski definition) is 4. The van der Waals surface area contributed by atoms with Crippen molar-refractivity contribution in [2.24, 2.45) is 5.92 Å². The zero-order chi connectivity index (χ0) is 20.6. The van der Waals surface area contributed by atoms with E-state index in [0.29, 0.717) is 30.6 Å². The second-order valence-electron chi connectivity index (χ2n) is 8.86. The number of fused-ring (bicyclic) bond motifs is 1. The Morgan fingerprint density at radius 2 is 1.59 bits per heavy atom. The molecule has 0 bridgehead atoms. The minimum atomic E-state index is -3.59. The number of piperidine rings is 1. The molecule has 4 atom stereocenters. The summed E-state index contributed by atoms with van der Waals surface area (Å²) >= 11 is 0. The number of amides is 1. The van der Waals surface area contributed by atoms with Gasteiger partial charge in [0.15, 0.2) is 0 Å². The lowest BCUT2D eigenvalue weighted by Crippen LogP contribution is -2.49. The molecular weight excluding hydrogens is 388 g/mol. The van der Waals surface area contributed by atoms with Crippen LogP contribution in [0.1, 0.15) is 62.7 Å². The van der Waals surface area contributed by atoms with Crippen molar-refractivity contribution in [3.05, 3.63) is 29.8 Å². The SMILES string of the molecule is C[C@@H]1CN(S(=O)(=O)c2ccc(C(=O)N3CCC[C@H]4CCCC[C@@H]43)cc2)C[C@@H](C)O1. The van der Waals surface area contributed by atoms with E-state index in [-0.39, 0.29) is 23.0 Å². The first kappa shape index (κ1) is 20.8. The molecule has 0 N–H and O–H groups in total. The number of likely N-dealkylation sites (tertiary alicyclic amines) is 1. The molecule has 3 fully saturated rings. The maximum Gasteiger partial charge on any atom is 0.254 e. The molecule has 160 valence electrons. The van der Waals surface area contributed by atoms with Gasteiger partial charge in [-0.05, 0) is 69.7 Å². The monoisotopic (exact) mass is 420 g/mol. The fraction of sp³-hybridized carbons (Fsp3) is 0.682. The molecule has 2 heterocycles. The Morgan fingerprint density at radius 1 is 0.966 bits per heavy atom. The number of ether oxygens (including phenoxy) is 1. The highest BCUT2D eigenvalue weighted by Crippen LogP contribution is 2.36. The molecule has 0 aromatic heterocycles. The number of morpholine rings is 1. The number of nitrogens with zero attached hydrogens (tertiary/aromatic N) is 2.